The summed E-state index contributed by atoms with van der Waals surface area (Å²) in [5.74, 6) is -0.280. The molecule has 0 radical (unpaired) electrons. The second kappa shape index (κ2) is 7.97. The summed E-state index contributed by atoms with van der Waals surface area (Å²) in [4.78, 5) is 38.9. The summed E-state index contributed by atoms with van der Waals surface area (Å²) in [7, 11) is 0. The molecule has 0 bridgehead atoms. The van der Waals surface area contributed by atoms with E-state index in [2.05, 4.69) is 11.4 Å². The van der Waals surface area contributed by atoms with Crippen LogP contribution in [0.15, 0.2) is 27.8 Å². The molecule has 6 nitrogen and oxygen atoms in total. The molecule has 0 spiro atoms. The number of amides is 1. The van der Waals surface area contributed by atoms with E-state index >= 15 is 0 Å². The van der Waals surface area contributed by atoms with E-state index in [4.69, 9.17) is 5.26 Å². The second-order valence-corrected chi connectivity index (χ2v) is 8.01. The Labute approximate surface area is 165 Å². The Hall–Kier alpha value is -2.94. The van der Waals surface area contributed by atoms with Crippen molar-refractivity contribution in [1.29, 1.82) is 5.26 Å². The highest BCUT2D eigenvalue weighted by Gasteiger charge is 2.33. The number of rotatable bonds is 6. The molecule has 1 unspecified atom stereocenters. The number of hydrogen-bond acceptors (Lipinski definition) is 5. The molecule has 0 aliphatic carbocycles. The van der Waals surface area contributed by atoms with Crippen LogP contribution in [0.5, 0.6) is 0 Å². The van der Waals surface area contributed by atoms with Crippen LogP contribution < -0.4 is 21.1 Å². The Morgan fingerprint density at radius 1 is 1.21 bits per heavy atom. The lowest BCUT2D eigenvalue weighted by Gasteiger charge is -2.32. The van der Waals surface area contributed by atoms with Crippen LogP contribution in [0.1, 0.15) is 59.1 Å². The molecule has 0 aliphatic rings. The number of carbonyl (C=O) groups excluding carboxylic acids is 1. The maximum Gasteiger partial charge on any atom is 0.254 e. The van der Waals surface area contributed by atoms with E-state index in [1.165, 1.54) is 4.90 Å². The number of carbonyl (C=O) groups is 1. The first kappa shape index (κ1) is 21.4. The van der Waals surface area contributed by atoms with Gasteiger partial charge in [-0.1, -0.05) is 34.6 Å². The highest BCUT2D eigenvalue weighted by molar-refractivity contribution is 6.05. The molecule has 0 fully saturated rings. The zero-order valence-electron chi connectivity index (χ0n) is 17.3. The average Bonchev–Trinajstić information content (AvgIpc) is 2.68. The molecule has 0 saturated heterocycles. The van der Waals surface area contributed by atoms with Crippen molar-refractivity contribution < 1.29 is 4.79 Å². The van der Waals surface area contributed by atoms with Gasteiger partial charge in [0.25, 0.3) is 10.9 Å². The molecule has 2 aromatic rings. The number of hydrogen-bond donors (Lipinski definition) is 1. The average molecular weight is 381 g/mol. The summed E-state index contributed by atoms with van der Waals surface area (Å²) in [6.07, 6.45) is 0.755. The van der Waals surface area contributed by atoms with Crippen molar-refractivity contribution in [3.63, 3.8) is 0 Å². The zero-order valence-corrected chi connectivity index (χ0v) is 17.3. The largest absolute Gasteiger partial charge is 0.377 e. The number of aryl methyl sites for hydroxylation is 1. The number of nitriles is 1. The van der Waals surface area contributed by atoms with Crippen molar-refractivity contribution in [2.24, 2.45) is 5.41 Å². The highest BCUT2D eigenvalue weighted by Crippen LogP contribution is 2.34. The van der Waals surface area contributed by atoms with E-state index in [0.29, 0.717) is 17.7 Å². The van der Waals surface area contributed by atoms with Gasteiger partial charge >= 0.3 is 0 Å². The van der Waals surface area contributed by atoms with Crippen molar-refractivity contribution in [1.82, 2.24) is 0 Å². The minimum absolute atomic E-state index is 0.0836. The maximum absolute atomic E-state index is 12.8. The lowest BCUT2D eigenvalue weighted by atomic mass is 9.87. The van der Waals surface area contributed by atoms with Gasteiger partial charge in [-0.05, 0) is 42.5 Å². The molecule has 1 N–H and O–H groups in total. The fraction of sp³-hybridized carbons (Fsp3) is 0.455. The standard InChI is InChI=1S/C22H27N3O3/c1-7-15-11-14(12-23)9-10-16(15)25(17(26)8-2)19-18(20(27)21(19)28)24-13(3)22(4,5)6/h9-11,13,24H,7-8H2,1-6H3. The van der Waals surface area contributed by atoms with Crippen molar-refractivity contribution in [2.45, 2.75) is 60.4 Å². The Kier molecular flexibility index (Phi) is 6.08. The molecular weight excluding hydrogens is 354 g/mol. The third-order valence-corrected chi connectivity index (χ3v) is 5.15. The van der Waals surface area contributed by atoms with E-state index in [9.17, 15) is 14.4 Å². The molecule has 0 aliphatic heterocycles. The normalized spacial score (nSPS) is 12.5. The maximum atomic E-state index is 12.8. The smallest absolute Gasteiger partial charge is 0.254 e. The fourth-order valence-electron chi connectivity index (χ4n) is 2.85. The molecule has 0 heterocycles. The van der Waals surface area contributed by atoms with Crippen LogP contribution in [-0.4, -0.2) is 11.9 Å². The lowest BCUT2D eigenvalue weighted by molar-refractivity contribution is -0.117. The van der Waals surface area contributed by atoms with Gasteiger partial charge in [0.05, 0.1) is 17.3 Å². The van der Waals surface area contributed by atoms with Gasteiger partial charge in [0, 0.05) is 12.5 Å². The van der Waals surface area contributed by atoms with Crippen LogP contribution in [0.3, 0.4) is 0 Å². The molecule has 0 aromatic heterocycles. The third-order valence-electron chi connectivity index (χ3n) is 5.15. The van der Waals surface area contributed by atoms with Crippen molar-refractivity contribution >= 4 is 23.0 Å². The van der Waals surface area contributed by atoms with Crippen LogP contribution in [0, 0.1) is 16.7 Å². The monoisotopic (exact) mass is 381 g/mol. The number of anilines is 3. The topological polar surface area (TPSA) is 90.3 Å². The van der Waals surface area contributed by atoms with Crippen molar-refractivity contribution in [3.05, 3.63) is 49.8 Å². The summed E-state index contributed by atoms with van der Waals surface area (Å²) in [5.41, 5.74) is 0.640. The molecular formula is C22H27N3O3. The van der Waals surface area contributed by atoms with Crippen LogP contribution in [0.4, 0.5) is 17.1 Å². The quantitative estimate of drug-likeness (QED) is 0.772. The third kappa shape index (κ3) is 3.84. The summed E-state index contributed by atoms with van der Waals surface area (Å²) in [6.45, 7) is 11.6. The van der Waals surface area contributed by atoms with E-state index in [1.54, 1.807) is 25.1 Å². The lowest BCUT2D eigenvalue weighted by Crippen LogP contribution is -2.45. The Balaban J connectivity index is 2.63. The predicted molar refractivity (Wildman–Crippen MR) is 112 cm³/mol. The van der Waals surface area contributed by atoms with E-state index in [0.717, 1.165) is 5.56 Å². The summed E-state index contributed by atoms with van der Waals surface area (Å²) < 4.78 is 0. The minimum Gasteiger partial charge on any atom is -0.377 e. The van der Waals surface area contributed by atoms with Gasteiger partial charge < -0.3 is 5.32 Å². The van der Waals surface area contributed by atoms with Gasteiger partial charge in [0.15, 0.2) is 0 Å². The molecule has 0 saturated carbocycles. The number of nitrogens with one attached hydrogen (secondary N) is 1. The first-order valence-corrected chi connectivity index (χ1v) is 9.52. The molecule has 148 valence electrons. The first-order valence-electron chi connectivity index (χ1n) is 9.52. The Bertz CT molecular complexity index is 1000. The number of benzene rings is 1. The van der Waals surface area contributed by atoms with E-state index < -0.39 is 10.9 Å². The van der Waals surface area contributed by atoms with Crippen LogP contribution in [0.25, 0.3) is 0 Å². The minimum atomic E-state index is -0.670. The Morgan fingerprint density at radius 3 is 2.36 bits per heavy atom. The van der Waals surface area contributed by atoms with Crippen molar-refractivity contribution in [3.8, 4) is 6.07 Å². The highest BCUT2D eigenvalue weighted by atomic mass is 16.2. The second-order valence-electron chi connectivity index (χ2n) is 8.01. The van der Waals surface area contributed by atoms with Gasteiger partial charge in [-0.15, -0.1) is 0 Å². The number of nitrogens with zero attached hydrogens (tertiary/aromatic N) is 2. The van der Waals surface area contributed by atoms with Gasteiger partial charge in [0.2, 0.25) is 5.91 Å². The Morgan fingerprint density at radius 2 is 1.86 bits per heavy atom. The van der Waals surface area contributed by atoms with Gasteiger partial charge in [-0.3, -0.25) is 19.3 Å². The van der Waals surface area contributed by atoms with E-state index in [-0.39, 0.29) is 35.2 Å². The molecule has 1 amide bonds. The molecule has 2 aromatic carbocycles. The molecule has 28 heavy (non-hydrogen) atoms. The molecule has 2 rings (SSSR count). The van der Waals surface area contributed by atoms with E-state index in [1.807, 2.05) is 34.6 Å². The summed E-state index contributed by atoms with van der Waals surface area (Å²) in [6, 6.07) is 6.99. The van der Waals surface area contributed by atoms with Gasteiger partial charge in [-0.2, -0.15) is 5.26 Å². The van der Waals surface area contributed by atoms with Crippen molar-refractivity contribution in [2.75, 3.05) is 10.2 Å². The predicted octanol–water partition coefficient (Wildman–Crippen LogP) is 3.64. The zero-order chi connectivity index (χ0) is 21.2. The first-order chi connectivity index (χ1) is 13.1. The summed E-state index contributed by atoms with van der Waals surface area (Å²) >= 11 is 0. The molecule has 6 heteroatoms. The van der Waals surface area contributed by atoms with Crippen LogP contribution >= 0.6 is 0 Å². The SMILES string of the molecule is CCC(=O)N(c1ccc(C#N)cc1CC)c1c(NC(C)C(C)(C)C)c(=O)c1=O. The fourth-order valence-corrected chi connectivity index (χ4v) is 2.85. The van der Waals surface area contributed by atoms with Gasteiger partial charge in [0.1, 0.15) is 11.4 Å². The molecule has 1 atom stereocenters. The van der Waals surface area contributed by atoms with Crippen LogP contribution in [0.2, 0.25) is 0 Å². The summed E-state index contributed by atoms with van der Waals surface area (Å²) in [5, 5.41) is 12.3. The van der Waals surface area contributed by atoms with Crippen LogP contribution in [-0.2, 0) is 11.2 Å². The van der Waals surface area contributed by atoms with Gasteiger partial charge in [-0.25, -0.2) is 0 Å².